The van der Waals surface area contributed by atoms with Crippen LogP contribution in [0.5, 0.6) is 0 Å². The quantitative estimate of drug-likeness (QED) is 0.744. The molecule has 2 aliphatic rings. The molecule has 1 heterocycles. The zero-order valence-corrected chi connectivity index (χ0v) is 11.2. The average Bonchev–Trinajstić information content (AvgIpc) is 2.34. The summed E-state index contributed by atoms with van der Waals surface area (Å²) < 4.78 is 16.8. The Kier molecular flexibility index (Phi) is 4.42. The Balaban J connectivity index is 1.98. The van der Waals surface area contributed by atoms with Crippen LogP contribution in [0.1, 0.15) is 32.1 Å². The van der Waals surface area contributed by atoms with E-state index in [9.17, 15) is 0 Å². The highest BCUT2D eigenvalue weighted by molar-refractivity contribution is 4.97. The summed E-state index contributed by atoms with van der Waals surface area (Å²) >= 11 is 0. The predicted molar refractivity (Wildman–Crippen MR) is 65.9 cm³/mol. The molecule has 0 amide bonds. The highest BCUT2D eigenvalue weighted by Crippen LogP contribution is 2.45. The van der Waals surface area contributed by atoms with E-state index in [-0.39, 0.29) is 17.9 Å². The molecule has 4 heteroatoms. The standard InChI is InChI=1S/C13H25NO3/c1-14-11(12(15-2)16-3)10-5-8-17-13(9-10)6-4-7-13/h10-12,14H,4-9H2,1-3H3. The van der Waals surface area contributed by atoms with Crippen molar-refractivity contribution < 1.29 is 14.2 Å². The molecule has 2 unspecified atom stereocenters. The van der Waals surface area contributed by atoms with Gasteiger partial charge in [-0.1, -0.05) is 0 Å². The molecule has 100 valence electrons. The van der Waals surface area contributed by atoms with E-state index in [0.717, 1.165) is 19.4 Å². The zero-order valence-electron chi connectivity index (χ0n) is 11.2. The number of nitrogens with one attached hydrogen (secondary N) is 1. The van der Waals surface area contributed by atoms with Gasteiger partial charge in [0.1, 0.15) is 0 Å². The van der Waals surface area contributed by atoms with Crippen LogP contribution in [0.4, 0.5) is 0 Å². The zero-order chi connectivity index (χ0) is 12.3. The molecule has 2 atom stereocenters. The molecular formula is C13H25NO3. The lowest BCUT2D eigenvalue weighted by Gasteiger charge is -2.49. The van der Waals surface area contributed by atoms with E-state index in [4.69, 9.17) is 14.2 Å². The van der Waals surface area contributed by atoms with Crippen LogP contribution in [0.3, 0.4) is 0 Å². The minimum absolute atomic E-state index is 0.166. The van der Waals surface area contributed by atoms with Crippen molar-refractivity contribution in [1.82, 2.24) is 5.32 Å². The maximum absolute atomic E-state index is 5.96. The highest BCUT2D eigenvalue weighted by atomic mass is 16.7. The van der Waals surface area contributed by atoms with Gasteiger partial charge in [0, 0.05) is 20.8 Å². The summed E-state index contributed by atoms with van der Waals surface area (Å²) in [5.41, 5.74) is 0.185. The molecule has 1 aliphatic carbocycles. The van der Waals surface area contributed by atoms with E-state index in [2.05, 4.69) is 5.32 Å². The third kappa shape index (κ3) is 2.65. The summed E-state index contributed by atoms with van der Waals surface area (Å²) in [6, 6.07) is 0.256. The van der Waals surface area contributed by atoms with Gasteiger partial charge in [-0.05, 0) is 45.1 Å². The van der Waals surface area contributed by atoms with Crippen LogP contribution < -0.4 is 5.32 Å². The number of rotatable bonds is 5. The van der Waals surface area contributed by atoms with Crippen molar-refractivity contribution in [3.8, 4) is 0 Å². The van der Waals surface area contributed by atoms with Crippen LogP contribution in [0.2, 0.25) is 0 Å². The highest BCUT2D eigenvalue weighted by Gasteiger charge is 2.45. The first-order valence-electron chi connectivity index (χ1n) is 6.61. The van der Waals surface area contributed by atoms with Crippen LogP contribution >= 0.6 is 0 Å². The van der Waals surface area contributed by atoms with Gasteiger partial charge >= 0.3 is 0 Å². The number of hydrogen-bond donors (Lipinski definition) is 1. The molecule has 4 nitrogen and oxygen atoms in total. The second kappa shape index (κ2) is 5.65. The summed E-state index contributed by atoms with van der Waals surface area (Å²) in [6.07, 6.45) is 5.84. The molecule has 0 aromatic rings. The Morgan fingerprint density at radius 2 is 2.00 bits per heavy atom. The van der Waals surface area contributed by atoms with Gasteiger partial charge in [-0.3, -0.25) is 0 Å². The Bertz CT molecular complexity index is 239. The summed E-state index contributed by atoms with van der Waals surface area (Å²) in [5, 5.41) is 3.35. The van der Waals surface area contributed by atoms with E-state index in [1.54, 1.807) is 14.2 Å². The number of hydrogen-bond acceptors (Lipinski definition) is 4. The van der Waals surface area contributed by atoms with Crippen LogP contribution in [0.15, 0.2) is 0 Å². The molecule has 1 N–H and O–H groups in total. The molecule has 2 rings (SSSR count). The summed E-state index contributed by atoms with van der Waals surface area (Å²) in [6.45, 7) is 0.878. The lowest BCUT2D eigenvalue weighted by Crippen LogP contribution is -2.53. The molecule has 2 fully saturated rings. The fraction of sp³-hybridized carbons (Fsp3) is 1.00. The maximum Gasteiger partial charge on any atom is 0.172 e. The first kappa shape index (κ1) is 13.3. The van der Waals surface area contributed by atoms with Gasteiger partial charge in [0.25, 0.3) is 0 Å². The SMILES string of the molecule is CNC(C1CCOC2(CCC2)C1)C(OC)OC. The van der Waals surface area contributed by atoms with Crippen LogP contribution in [-0.4, -0.2) is 45.8 Å². The van der Waals surface area contributed by atoms with Crippen LogP contribution in [0, 0.1) is 5.92 Å². The van der Waals surface area contributed by atoms with Gasteiger partial charge in [-0.15, -0.1) is 0 Å². The van der Waals surface area contributed by atoms with Crippen molar-refractivity contribution in [2.45, 2.75) is 50.0 Å². The van der Waals surface area contributed by atoms with Crippen LogP contribution in [-0.2, 0) is 14.2 Å². The van der Waals surface area contributed by atoms with Crippen molar-refractivity contribution in [3.05, 3.63) is 0 Å². The van der Waals surface area contributed by atoms with Gasteiger partial charge < -0.3 is 19.5 Å². The van der Waals surface area contributed by atoms with E-state index in [1.165, 1.54) is 19.3 Å². The molecule has 1 aliphatic heterocycles. The average molecular weight is 243 g/mol. The normalized spacial score (nSPS) is 29.3. The number of ether oxygens (including phenoxy) is 3. The topological polar surface area (TPSA) is 39.7 Å². The van der Waals surface area contributed by atoms with E-state index in [1.807, 2.05) is 7.05 Å². The van der Waals surface area contributed by atoms with Gasteiger partial charge in [0.05, 0.1) is 11.6 Å². The Morgan fingerprint density at radius 1 is 1.29 bits per heavy atom. The molecule has 0 aromatic heterocycles. The lowest BCUT2D eigenvalue weighted by molar-refractivity contribution is -0.175. The fourth-order valence-corrected chi connectivity index (χ4v) is 3.28. The fourth-order valence-electron chi connectivity index (χ4n) is 3.28. The third-order valence-electron chi connectivity index (χ3n) is 4.39. The second-order valence-corrected chi connectivity index (χ2v) is 5.29. The Morgan fingerprint density at radius 3 is 2.47 bits per heavy atom. The molecule has 1 saturated heterocycles. The summed E-state index contributed by atoms with van der Waals surface area (Å²) in [5.74, 6) is 0.582. The molecule has 0 radical (unpaired) electrons. The molecule has 17 heavy (non-hydrogen) atoms. The molecule has 1 spiro atoms. The van der Waals surface area contributed by atoms with E-state index in [0.29, 0.717) is 5.92 Å². The van der Waals surface area contributed by atoms with Crippen molar-refractivity contribution in [1.29, 1.82) is 0 Å². The van der Waals surface area contributed by atoms with Crippen molar-refractivity contribution in [2.24, 2.45) is 5.92 Å². The minimum Gasteiger partial charge on any atom is -0.375 e. The molecule has 0 aromatic carbocycles. The van der Waals surface area contributed by atoms with Gasteiger partial charge in [-0.2, -0.15) is 0 Å². The largest absolute Gasteiger partial charge is 0.375 e. The predicted octanol–water partition coefficient (Wildman–Crippen LogP) is 1.54. The summed E-state index contributed by atoms with van der Waals surface area (Å²) in [4.78, 5) is 0. The van der Waals surface area contributed by atoms with Gasteiger partial charge in [-0.25, -0.2) is 0 Å². The molecule has 0 bridgehead atoms. The smallest absolute Gasteiger partial charge is 0.172 e. The van der Waals surface area contributed by atoms with Crippen molar-refractivity contribution in [3.63, 3.8) is 0 Å². The van der Waals surface area contributed by atoms with E-state index >= 15 is 0 Å². The van der Waals surface area contributed by atoms with E-state index < -0.39 is 0 Å². The number of likely N-dealkylation sites (N-methyl/N-ethyl adjacent to an activating group) is 1. The molecular weight excluding hydrogens is 218 g/mol. The van der Waals surface area contributed by atoms with Gasteiger partial charge in [0.15, 0.2) is 6.29 Å². The minimum atomic E-state index is -0.166. The maximum atomic E-state index is 5.96. The summed E-state index contributed by atoms with van der Waals surface area (Å²) in [7, 11) is 5.40. The van der Waals surface area contributed by atoms with Crippen LogP contribution in [0.25, 0.3) is 0 Å². The third-order valence-corrected chi connectivity index (χ3v) is 4.39. The monoisotopic (exact) mass is 243 g/mol. The lowest BCUT2D eigenvalue weighted by atomic mass is 9.70. The first-order valence-corrected chi connectivity index (χ1v) is 6.61. The Labute approximate surface area is 104 Å². The second-order valence-electron chi connectivity index (χ2n) is 5.29. The van der Waals surface area contributed by atoms with Crippen molar-refractivity contribution >= 4 is 0 Å². The van der Waals surface area contributed by atoms with Crippen molar-refractivity contribution in [2.75, 3.05) is 27.9 Å². The van der Waals surface area contributed by atoms with Gasteiger partial charge in [0.2, 0.25) is 0 Å². The number of methoxy groups -OCH3 is 2. The molecule has 1 saturated carbocycles. The Hall–Kier alpha value is -0.160. The first-order chi connectivity index (χ1) is 8.24.